The van der Waals surface area contributed by atoms with Crippen LogP contribution in [0.15, 0.2) is 30.3 Å². The van der Waals surface area contributed by atoms with Gasteiger partial charge in [-0.2, -0.15) is 0 Å². The molecule has 0 bridgehead atoms. The van der Waals surface area contributed by atoms with E-state index in [1.165, 1.54) is 0 Å². The lowest BCUT2D eigenvalue weighted by Crippen LogP contribution is -2.44. The van der Waals surface area contributed by atoms with Gasteiger partial charge in [0.1, 0.15) is 0 Å². The number of carboxylic acid groups (broad SMARTS) is 2. The van der Waals surface area contributed by atoms with Gasteiger partial charge in [-0.15, -0.1) is 0 Å². The fourth-order valence-corrected chi connectivity index (χ4v) is 1.57. The molecule has 0 fully saturated rings. The first kappa shape index (κ1) is 13.2. The Morgan fingerprint density at radius 2 is 1.88 bits per heavy atom. The first-order valence-electron chi connectivity index (χ1n) is 5.24. The molecular weight excluding hydrogens is 222 g/mol. The molecular formula is C12H14NO4-. The van der Waals surface area contributed by atoms with Crippen LogP contribution in [-0.2, 0) is 16.0 Å². The molecule has 0 aliphatic heterocycles. The van der Waals surface area contributed by atoms with Crippen LogP contribution < -0.4 is 10.8 Å². The van der Waals surface area contributed by atoms with E-state index in [1.807, 2.05) is 6.07 Å². The zero-order valence-electron chi connectivity index (χ0n) is 9.20. The minimum absolute atomic E-state index is 0.132. The van der Waals surface area contributed by atoms with Crippen LogP contribution in [-0.4, -0.2) is 23.1 Å². The number of hydrogen-bond acceptors (Lipinski definition) is 4. The number of nitrogens with two attached hydrogens (primary N) is 1. The van der Waals surface area contributed by atoms with E-state index in [0.29, 0.717) is 0 Å². The maximum absolute atomic E-state index is 11.0. The Morgan fingerprint density at radius 1 is 1.29 bits per heavy atom. The van der Waals surface area contributed by atoms with Gasteiger partial charge in [0.05, 0.1) is 11.9 Å². The van der Waals surface area contributed by atoms with Crippen molar-refractivity contribution in [1.29, 1.82) is 0 Å². The summed E-state index contributed by atoms with van der Waals surface area (Å²) in [5, 5.41) is 19.5. The standard InChI is InChI=1S/C12H15NO4/c13-10(12(16)17)7-9(11(14)15)6-8-4-2-1-3-5-8/h1-5,9-10H,6-7,13H2,(H,14,15)(H,16,17)/p-1/t9?,10-/m0/s1. The van der Waals surface area contributed by atoms with E-state index in [2.05, 4.69) is 0 Å². The fourth-order valence-electron chi connectivity index (χ4n) is 1.57. The average molecular weight is 236 g/mol. The van der Waals surface area contributed by atoms with Crippen molar-refractivity contribution in [3.05, 3.63) is 35.9 Å². The predicted molar refractivity (Wildman–Crippen MR) is 58.9 cm³/mol. The molecule has 0 spiro atoms. The second-order valence-electron chi connectivity index (χ2n) is 3.89. The van der Waals surface area contributed by atoms with Crippen molar-refractivity contribution in [2.24, 2.45) is 11.7 Å². The predicted octanol–water partition coefficient (Wildman–Crippen LogP) is -0.603. The van der Waals surface area contributed by atoms with Crippen LogP contribution in [0.3, 0.4) is 0 Å². The number of hydrogen-bond donors (Lipinski definition) is 2. The summed E-state index contributed by atoms with van der Waals surface area (Å²) in [5.41, 5.74) is 6.12. The highest BCUT2D eigenvalue weighted by Gasteiger charge is 2.21. The second-order valence-corrected chi connectivity index (χ2v) is 3.89. The fraction of sp³-hybridized carbons (Fsp3) is 0.333. The van der Waals surface area contributed by atoms with Gasteiger partial charge in [-0.25, -0.2) is 0 Å². The Bertz CT molecular complexity index is 391. The molecule has 2 atom stereocenters. The van der Waals surface area contributed by atoms with Crippen LogP contribution in [0.5, 0.6) is 0 Å². The van der Waals surface area contributed by atoms with Gasteiger partial charge in [-0.05, 0) is 18.4 Å². The zero-order chi connectivity index (χ0) is 12.8. The number of aliphatic carboxylic acids is 2. The SMILES string of the molecule is N[C@@H](CC(Cc1ccccc1)C(=O)O)C(=O)[O-]. The highest BCUT2D eigenvalue weighted by molar-refractivity contribution is 5.74. The molecule has 1 rings (SSSR count). The summed E-state index contributed by atoms with van der Waals surface area (Å²) in [5.74, 6) is -3.29. The highest BCUT2D eigenvalue weighted by atomic mass is 16.4. The number of benzene rings is 1. The maximum atomic E-state index is 11.0. The van der Waals surface area contributed by atoms with E-state index < -0.39 is 23.9 Å². The van der Waals surface area contributed by atoms with Gasteiger partial charge >= 0.3 is 5.97 Å². The summed E-state index contributed by atoms with van der Waals surface area (Å²) in [7, 11) is 0. The molecule has 0 aromatic heterocycles. The van der Waals surface area contributed by atoms with Gasteiger partial charge in [0.25, 0.3) is 0 Å². The van der Waals surface area contributed by atoms with Gasteiger partial charge in [-0.1, -0.05) is 30.3 Å². The molecule has 0 radical (unpaired) electrons. The normalized spacial score (nSPS) is 13.9. The molecule has 0 saturated carbocycles. The Morgan fingerprint density at radius 3 is 2.35 bits per heavy atom. The van der Waals surface area contributed by atoms with Crippen molar-refractivity contribution in [2.45, 2.75) is 18.9 Å². The van der Waals surface area contributed by atoms with Gasteiger partial charge in [0.15, 0.2) is 0 Å². The van der Waals surface area contributed by atoms with E-state index >= 15 is 0 Å². The molecule has 92 valence electrons. The Hall–Kier alpha value is -1.88. The molecule has 1 aromatic carbocycles. The van der Waals surface area contributed by atoms with Crippen LogP contribution in [0.1, 0.15) is 12.0 Å². The monoisotopic (exact) mass is 236 g/mol. The van der Waals surface area contributed by atoms with E-state index in [9.17, 15) is 14.7 Å². The summed E-state index contributed by atoms with van der Waals surface area (Å²) in [6.45, 7) is 0. The van der Waals surface area contributed by atoms with Gasteiger partial charge in [0.2, 0.25) is 0 Å². The highest BCUT2D eigenvalue weighted by Crippen LogP contribution is 2.14. The van der Waals surface area contributed by atoms with Crippen molar-refractivity contribution in [3.63, 3.8) is 0 Å². The van der Waals surface area contributed by atoms with E-state index in [0.717, 1.165) is 5.56 Å². The zero-order valence-corrected chi connectivity index (χ0v) is 9.20. The summed E-state index contributed by atoms with van der Waals surface area (Å²) >= 11 is 0. The molecule has 0 aliphatic carbocycles. The third kappa shape index (κ3) is 4.24. The summed E-state index contributed by atoms with van der Waals surface area (Å²) in [4.78, 5) is 21.5. The molecule has 0 amide bonds. The van der Waals surface area contributed by atoms with Crippen LogP contribution in [0.4, 0.5) is 0 Å². The minimum atomic E-state index is -1.43. The van der Waals surface area contributed by atoms with Crippen LogP contribution in [0, 0.1) is 5.92 Å². The maximum Gasteiger partial charge on any atom is 0.306 e. The van der Waals surface area contributed by atoms with Crippen molar-refractivity contribution >= 4 is 11.9 Å². The number of carbonyl (C=O) groups excluding carboxylic acids is 1. The lowest BCUT2D eigenvalue weighted by Gasteiger charge is -2.18. The van der Waals surface area contributed by atoms with Crippen LogP contribution in [0.25, 0.3) is 0 Å². The quantitative estimate of drug-likeness (QED) is 0.686. The smallest absolute Gasteiger partial charge is 0.306 e. The second kappa shape index (κ2) is 6.00. The van der Waals surface area contributed by atoms with Gasteiger partial charge < -0.3 is 20.7 Å². The molecule has 1 aromatic rings. The molecule has 3 N–H and O–H groups in total. The van der Waals surface area contributed by atoms with Crippen LogP contribution >= 0.6 is 0 Å². The molecule has 1 unspecified atom stereocenters. The van der Waals surface area contributed by atoms with Crippen molar-refractivity contribution < 1.29 is 19.8 Å². The van der Waals surface area contributed by atoms with E-state index in [1.54, 1.807) is 24.3 Å². The third-order valence-electron chi connectivity index (χ3n) is 2.52. The minimum Gasteiger partial charge on any atom is -0.548 e. The largest absolute Gasteiger partial charge is 0.548 e. The lowest BCUT2D eigenvalue weighted by atomic mass is 9.93. The summed E-state index contributed by atoms with van der Waals surface area (Å²) in [6.07, 6.45) is 0.129. The van der Waals surface area contributed by atoms with Crippen LogP contribution in [0.2, 0.25) is 0 Å². The topological polar surface area (TPSA) is 103 Å². The number of rotatable bonds is 6. The molecule has 0 heterocycles. The number of carboxylic acids is 2. The van der Waals surface area contributed by atoms with Crippen molar-refractivity contribution in [2.75, 3.05) is 0 Å². The lowest BCUT2D eigenvalue weighted by molar-refractivity contribution is -0.307. The summed E-state index contributed by atoms with van der Waals surface area (Å²) < 4.78 is 0. The first-order valence-corrected chi connectivity index (χ1v) is 5.24. The van der Waals surface area contributed by atoms with Crippen molar-refractivity contribution in [1.82, 2.24) is 0 Å². The van der Waals surface area contributed by atoms with Crippen molar-refractivity contribution in [3.8, 4) is 0 Å². The third-order valence-corrected chi connectivity index (χ3v) is 2.52. The Labute approximate surface area is 98.9 Å². The molecule has 5 heteroatoms. The molecule has 0 aliphatic rings. The van der Waals surface area contributed by atoms with Gasteiger partial charge in [0, 0.05) is 6.04 Å². The molecule has 17 heavy (non-hydrogen) atoms. The molecule has 0 saturated heterocycles. The Balaban J connectivity index is 2.67. The van der Waals surface area contributed by atoms with E-state index in [-0.39, 0.29) is 12.8 Å². The van der Waals surface area contributed by atoms with Gasteiger partial charge in [-0.3, -0.25) is 4.79 Å². The average Bonchev–Trinajstić information content (AvgIpc) is 2.29. The number of carbonyl (C=O) groups is 2. The molecule has 5 nitrogen and oxygen atoms in total. The van der Waals surface area contributed by atoms with E-state index in [4.69, 9.17) is 10.8 Å². The summed E-state index contributed by atoms with van der Waals surface area (Å²) in [6, 6.07) is 7.76. The Kier molecular flexibility index (Phi) is 4.66. The first-order chi connectivity index (χ1) is 8.00.